The standard InChI is InChI=1S/C26H34ClNO3/c1-4-16-6-10-19(11-7-16)31-22-12-9-18-8-5-17(13-20(18)24(22)27)15-28-23-14-21(25(29)30)26(23,2)3/h5,8-9,12-13,16,19,21,23,28H,4,6-7,10-11,14-15H2,1-3H3,(H,29,30)/t16-,19+,21-,23-/m0/s1. The molecule has 2 aliphatic rings. The van der Waals surface area contributed by atoms with Gasteiger partial charge in [0.2, 0.25) is 0 Å². The second kappa shape index (κ2) is 8.99. The molecule has 2 aliphatic carbocycles. The van der Waals surface area contributed by atoms with Crippen LogP contribution in [0, 0.1) is 17.3 Å². The Bertz CT molecular complexity index is 949. The molecule has 0 radical (unpaired) electrons. The van der Waals surface area contributed by atoms with Gasteiger partial charge in [0, 0.05) is 18.0 Å². The zero-order valence-corrected chi connectivity index (χ0v) is 19.5. The summed E-state index contributed by atoms with van der Waals surface area (Å²) in [4.78, 5) is 11.4. The predicted octanol–water partition coefficient (Wildman–Crippen LogP) is 6.43. The van der Waals surface area contributed by atoms with Gasteiger partial charge in [-0.3, -0.25) is 4.79 Å². The van der Waals surface area contributed by atoms with Crippen molar-refractivity contribution in [3.8, 4) is 5.75 Å². The molecule has 0 unspecified atom stereocenters. The summed E-state index contributed by atoms with van der Waals surface area (Å²) in [6, 6.07) is 10.6. The van der Waals surface area contributed by atoms with Crippen LogP contribution in [0.5, 0.6) is 5.75 Å². The molecule has 2 saturated carbocycles. The lowest BCUT2D eigenvalue weighted by molar-refractivity contribution is -0.155. The molecule has 0 aliphatic heterocycles. The first kappa shape index (κ1) is 22.4. The molecule has 0 amide bonds. The van der Waals surface area contributed by atoms with Gasteiger partial charge in [0.25, 0.3) is 0 Å². The zero-order chi connectivity index (χ0) is 22.2. The van der Waals surface area contributed by atoms with Gasteiger partial charge in [0.05, 0.1) is 17.0 Å². The summed E-state index contributed by atoms with van der Waals surface area (Å²) in [5, 5.41) is 15.7. The van der Waals surface area contributed by atoms with Crippen molar-refractivity contribution in [3.05, 3.63) is 40.9 Å². The van der Waals surface area contributed by atoms with E-state index in [2.05, 4.69) is 36.5 Å². The lowest BCUT2D eigenvalue weighted by atomic mass is 9.58. The lowest BCUT2D eigenvalue weighted by Gasteiger charge is -2.50. The predicted molar refractivity (Wildman–Crippen MR) is 126 cm³/mol. The summed E-state index contributed by atoms with van der Waals surface area (Å²) in [6.45, 7) is 7.03. The third-order valence-electron chi connectivity index (χ3n) is 7.77. The Morgan fingerprint density at radius 2 is 1.90 bits per heavy atom. The molecular formula is C26H34ClNO3. The van der Waals surface area contributed by atoms with Gasteiger partial charge in [0.15, 0.2) is 0 Å². The fourth-order valence-corrected chi connectivity index (χ4v) is 5.55. The first-order valence-corrected chi connectivity index (χ1v) is 12.0. The third-order valence-corrected chi connectivity index (χ3v) is 8.16. The Balaban J connectivity index is 1.43. The number of rotatable bonds is 7. The summed E-state index contributed by atoms with van der Waals surface area (Å²) in [6.07, 6.45) is 6.87. The van der Waals surface area contributed by atoms with Crippen LogP contribution in [0.2, 0.25) is 5.02 Å². The van der Waals surface area contributed by atoms with Crippen molar-refractivity contribution in [1.82, 2.24) is 5.32 Å². The van der Waals surface area contributed by atoms with E-state index in [9.17, 15) is 9.90 Å². The Labute approximate surface area is 190 Å². The molecule has 0 spiro atoms. The van der Waals surface area contributed by atoms with Crippen LogP contribution in [0.1, 0.15) is 64.9 Å². The molecule has 2 aromatic rings. The van der Waals surface area contributed by atoms with Crippen molar-refractivity contribution in [3.63, 3.8) is 0 Å². The Hall–Kier alpha value is -1.78. The largest absolute Gasteiger partial charge is 0.489 e. The number of hydrogen-bond acceptors (Lipinski definition) is 3. The highest BCUT2D eigenvalue weighted by Crippen LogP contribution is 2.46. The van der Waals surface area contributed by atoms with E-state index in [4.69, 9.17) is 16.3 Å². The summed E-state index contributed by atoms with van der Waals surface area (Å²) in [5.41, 5.74) is 0.905. The van der Waals surface area contributed by atoms with Gasteiger partial charge >= 0.3 is 5.97 Å². The van der Waals surface area contributed by atoms with Crippen LogP contribution >= 0.6 is 11.6 Å². The highest BCUT2D eigenvalue weighted by molar-refractivity contribution is 6.37. The van der Waals surface area contributed by atoms with Crippen molar-refractivity contribution in [2.75, 3.05) is 0 Å². The van der Waals surface area contributed by atoms with Crippen LogP contribution in [-0.2, 0) is 11.3 Å². The highest BCUT2D eigenvalue weighted by atomic mass is 35.5. The second-order valence-electron chi connectivity index (χ2n) is 9.98. The van der Waals surface area contributed by atoms with Gasteiger partial charge in [-0.1, -0.05) is 57.0 Å². The van der Waals surface area contributed by atoms with Crippen molar-refractivity contribution in [2.45, 2.75) is 78.0 Å². The number of carboxylic acid groups (broad SMARTS) is 1. The van der Waals surface area contributed by atoms with E-state index in [0.29, 0.717) is 18.0 Å². The van der Waals surface area contributed by atoms with E-state index in [1.807, 2.05) is 19.9 Å². The molecule has 31 heavy (non-hydrogen) atoms. The Morgan fingerprint density at radius 3 is 2.55 bits per heavy atom. The molecule has 2 aromatic carbocycles. The van der Waals surface area contributed by atoms with E-state index >= 15 is 0 Å². The van der Waals surface area contributed by atoms with Crippen molar-refractivity contribution < 1.29 is 14.6 Å². The van der Waals surface area contributed by atoms with Gasteiger partial charge in [-0.25, -0.2) is 0 Å². The molecular weight excluding hydrogens is 410 g/mol. The first-order chi connectivity index (χ1) is 14.8. The molecule has 4 nitrogen and oxygen atoms in total. The van der Waals surface area contributed by atoms with E-state index in [0.717, 1.165) is 40.8 Å². The minimum absolute atomic E-state index is 0.202. The van der Waals surface area contributed by atoms with Gasteiger partial charge < -0.3 is 15.2 Å². The van der Waals surface area contributed by atoms with Crippen molar-refractivity contribution in [2.24, 2.45) is 17.3 Å². The highest BCUT2D eigenvalue weighted by Gasteiger charge is 2.51. The van der Waals surface area contributed by atoms with Crippen LogP contribution in [-0.4, -0.2) is 23.2 Å². The number of carboxylic acids is 1. The van der Waals surface area contributed by atoms with Crippen LogP contribution in [0.4, 0.5) is 0 Å². The number of aliphatic carboxylic acids is 1. The molecule has 4 rings (SSSR count). The molecule has 2 atom stereocenters. The van der Waals surface area contributed by atoms with Crippen molar-refractivity contribution >= 4 is 28.3 Å². The van der Waals surface area contributed by atoms with Gasteiger partial charge in [0.1, 0.15) is 5.75 Å². The summed E-state index contributed by atoms with van der Waals surface area (Å²) in [7, 11) is 0. The van der Waals surface area contributed by atoms with E-state index < -0.39 is 5.97 Å². The van der Waals surface area contributed by atoms with Crippen molar-refractivity contribution in [1.29, 1.82) is 0 Å². The Kier molecular flexibility index (Phi) is 6.50. The quantitative estimate of drug-likeness (QED) is 0.517. The van der Waals surface area contributed by atoms with Crippen LogP contribution in [0.15, 0.2) is 30.3 Å². The van der Waals surface area contributed by atoms with E-state index in [-0.39, 0.29) is 23.5 Å². The third kappa shape index (κ3) is 4.56. The summed E-state index contributed by atoms with van der Waals surface area (Å²) < 4.78 is 6.31. The van der Waals surface area contributed by atoms with Crippen LogP contribution < -0.4 is 10.1 Å². The normalized spacial score (nSPS) is 27.6. The second-order valence-corrected chi connectivity index (χ2v) is 10.4. The number of fused-ring (bicyclic) bond motifs is 1. The SMILES string of the molecule is CC[C@H]1CC[C@@H](Oc2ccc3ccc(CN[C@H]4C[C@@H](C(=O)O)C4(C)C)cc3c2Cl)CC1. The van der Waals surface area contributed by atoms with Gasteiger partial charge in [-0.2, -0.15) is 0 Å². The minimum Gasteiger partial charge on any atom is -0.489 e. The monoisotopic (exact) mass is 443 g/mol. The minimum atomic E-state index is -0.698. The Morgan fingerprint density at radius 1 is 1.19 bits per heavy atom. The fraction of sp³-hybridized carbons (Fsp3) is 0.577. The molecule has 0 bridgehead atoms. The number of benzene rings is 2. The molecule has 0 aromatic heterocycles. The summed E-state index contributed by atoms with van der Waals surface area (Å²) >= 11 is 6.78. The number of hydrogen-bond donors (Lipinski definition) is 2. The van der Waals surface area contributed by atoms with Gasteiger partial charge in [-0.15, -0.1) is 0 Å². The molecule has 168 valence electrons. The first-order valence-electron chi connectivity index (χ1n) is 11.6. The van der Waals surface area contributed by atoms with Crippen LogP contribution in [0.25, 0.3) is 10.8 Å². The molecule has 0 saturated heterocycles. The number of nitrogens with one attached hydrogen (secondary N) is 1. The zero-order valence-electron chi connectivity index (χ0n) is 18.8. The van der Waals surface area contributed by atoms with E-state index in [1.54, 1.807) is 0 Å². The lowest BCUT2D eigenvalue weighted by Crippen LogP contribution is -2.58. The molecule has 2 N–H and O–H groups in total. The maximum atomic E-state index is 11.4. The topological polar surface area (TPSA) is 58.6 Å². The number of halogens is 1. The average molecular weight is 444 g/mol. The summed E-state index contributed by atoms with van der Waals surface area (Å²) in [5.74, 6) is 0.649. The van der Waals surface area contributed by atoms with E-state index in [1.165, 1.54) is 19.3 Å². The number of ether oxygens (including phenoxy) is 1. The smallest absolute Gasteiger partial charge is 0.307 e. The molecule has 5 heteroatoms. The maximum absolute atomic E-state index is 11.4. The molecule has 2 fully saturated rings. The average Bonchev–Trinajstić information content (AvgIpc) is 2.75. The van der Waals surface area contributed by atoms with Crippen LogP contribution in [0.3, 0.4) is 0 Å². The fourth-order valence-electron chi connectivity index (χ4n) is 5.28. The van der Waals surface area contributed by atoms with Gasteiger partial charge in [-0.05, 0) is 66.5 Å². The maximum Gasteiger partial charge on any atom is 0.307 e. The number of carbonyl (C=O) groups is 1. The molecule has 0 heterocycles.